The SMILES string of the molecule is C=C1C(C)(C)[C@H]2CC[C@@]1(C(=O)N1CCC(CN3CCCC3=O)CC1)C2. The van der Waals surface area contributed by atoms with Crippen LogP contribution in [0.25, 0.3) is 0 Å². The van der Waals surface area contributed by atoms with E-state index in [1.165, 1.54) is 12.0 Å². The van der Waals surface area contributed by atoms with Gasteiger partial charge in [0, 0.05) is 32.6 Å². The topological polar surface area (TPSA) is 40.6 Å². The molecule has 2 bridgehead atoms. The van der Waals surface area contributed by atoms with Gasteiger partial charge in [0.1, 0.15) is 0 Å². The Balaban J connectivity index is 1.37. The van der Waals surface area contributed by atoms with E-state index in [4.69, 9.17) is 0 Å². The van der Waals surface area contributed by atoms with Crippen LogP contribution in [0.5, 0.6) is 0 Å². The van der Waals surface area contributed by atoms with Crippen LogP contribution in [0.1, 0.15) is 58.8 Å². The molecule has 4 nitrogen and oxygen atoms in total. The predicted octanol–water partition coefficient (Wildman–Crippen LogP) is 3.23. The smallest absolute Gasteiger partial charge is 0.232 e. The maximum Gasteiger partial charge on any atom is 0.232 e. The predicted molar refractivity (Wildman–Crippen MR) is 97.8 cm³/mol. The lowest BCUT2D eigenvalue weighted by Gasteiger charge is -2.42. The van der Waals surface area contributed by atoms with Gasteiger partial charge in [0.25, 0.3) is 0 Å². The number of carbonyl (C=O) groups is 2. The number of hydrogen-bond donors (Lipinski definition) is 0. The Kier molecular flexibility index (Phi) is 4.01. The first-order valence-electron chi connectivity index (χ1n) is 10.1. The van der Waals surface area contributed by atoms with Gasteiger partial charge >= 0.3 is 0 Å². The molecule has 4 rings (SSSR count). The summed E-state index contributed by atoms with van der Waals surface area (Å²) in [5, 5.41) is 0. The molecule has 2 aliphatic heterocycles. The molecule has 0 radical (unpaired) electrons. The third-order valence-electron chi connectivity index (χ3n) is 7.85. The molecule has 2 aliphatic carbocycles. The van der Waals surface area contributed by atoms with Crippen molar-refractivity contribution in [3.63, 3.8) is 0 Å². The first-order valence-corrected chi connectivity index (χ1v) is 10.1. The summed E-state index contributed by atoms with van der Waals surface area (Å²) in [6.45, 7) is 12.5. The van der Waals surface area contributed by atoms with Gasteiger partial charge in [0.2, 0.25) is 11.8 Å². The van der Waals surface area contributed by atoms with Crippen LogP contribution in [0, 0.1) is 22.7 Å². The number of nitrogens with zero attached hydrogens (tertiary/aromatic N) is 2. The fourth-order valence-corrected chi connectivity index (χ4v) is 5.95. The van der Waals surface area contributed by atoms with Gasteiger partial charge in [-0.15, -0.1) is 0 Å². The van der Waals surface area contributed by atoms with Crippen molar-refractivity contribution in [1.82, 2.24) is 9.80 Å². The van der Waals surface area contributed by atoms with Crippen molar-refractivity contribution in [1.29, 1.82) is 0 Å². The summed E-state index contributed by atoms with van der Waals surface area (Å²) in [7, 11) is 0. The second-order valence-corrected chi connectivity index (χ2v) is 9.40. The molecule has 0 N–H and O–H groups in total. The molecule has 2 atom stereocenters. The van der Waals surface area contributed by atoms with E-state index in [1.807, 2.05) is 4.90 Å². The third kappa shape index (κ3) is 2.55. The minimum absolute atomic E-state index is 0.113. The minimum Gasteiger partial charge on any atom is -0.342 e. The third-order valence-corrected chi connectivity index (χ3v) is 7.85. The van der Waals surface area contributed by atoms with Crippen molar-refractivity contribution in [3.05, 3.63) is 12.2 Å². The average Bonchev–Trinajstić information content (AvgIpc) is 3.26. The summed E-state index contributed by atoms with van der Waals surface area (Å²) in [6, 6.07) is 0. The van der Waals surface area contributed by atoms with Crippen molar-refractivity contribution in [3.8, 4) is 0 Å². The fraction of sp³-hybridized carbons (Fsp3) is 0.810. The number of rotatable bonds is 3. The molecule has 4 aliphatic rings. The zero-order chi connectivity index (χ0) is 17.8. The molecule has 0 spiro atoms. The highest BCUT2D eigenvalue weighted by molar-refractivity contribution is 5.87. The van der Waals surface area contributed by atoms with Crippen molar-refractivity contribution < 1.29 is 9.59 Å². The van der Waals surface area contributed by atoms with E-state index >= 15 is 0 Å². The Labute approximate surface area is 151 Å². The Morgan fingerprint density at radius 2 is 1.92 bits per heavy atom. The summed E-state index contributed by atoms with van der Waals surface area (Å²) >= 11 is 0. The van der Waals surface area contributed by atoms with Crippen LogP contribution in [0.4, 0.5) is 0 Å². The highest BCUT2D eigenvalue weighted by Crippen LogP contribution is 2.66. The second kappa shape index (κ2) is 5.85. The number of piperidine rings is 1. The van der Waals surface area contributed by atoms with Gasteiger partial charge < -0.3 is 9.80 Å². The van der Waals surface area contributed by atoms with E-state index in [0.29, 0.717) is 23.7 Å². The minimum atomic E-state index is -0.272. The zero-order valence-electron chi connectivity index (χ0n) is 15.9. The lowest BCUT2D eigenvalue weighted by molar-refractivity contribution is -0.141. The van der Waals surface area contributed by atoms with Gasteiger partial charge in [-0.25, -0.2) is 0 Å². The van der Waals surface area contributed by atoms with Crippen molar-refractivity contribution >= 4 is 11.8 Å². The van der Waals surface area contributed by atoms with Gasteiger partial charge in [-0.05, 0) is 55.8 Å². The molecule has 0 unspecified atom stereocenters. The van der Waals surface area contributed by atoms with Gasteiger partial charge in [-0.2, -0.15) is 0 Å². The van der Waals surface area contributed by atoms with Gasteiger partial charge in [0.15, 0.2) is 0 Å². The normalized spacial score (nSPS) is 35.0. The fourth-order valence-electron chi connectivity index (χ4n) is 5.95. The summed E-state index contributed by atoms with van der Waals surface area (Å²) in [6.07, 6.45) is 6.98. The van der Waals surface area contributed by atoms with Crippen molar-refractivity contribution in [2.75, 3.05) is 26.2 Å². The van der Waals surface area contributed by atoms with E-state index in [1.54, 1.807) is 0 Å². The summed E-state index contributed by atoms with van der Waals surface area (Å²) in [5.41, 5.74) is 1.03. The molecule has 0 aromatic carbocycles. The average molecular weight is 344 g/mol. The summed E-state index contributed by atoms with van der Waals surface area (Å²) in [5.74, 6) is 1.85. The van der Waals surface area contributed by atoms with Gasteiger partial charge in [0.05, 0.1) is 5.41 Å². The standard InChI is InChI=1S/C21H32N2O2/c1-15-20(2,3)17-6-9-21(15,13-17)19(25)22-11-7-16(8-12-22)14-23-10-4-5-18(23)24/h16-17H,1,4-14H2,2-3H3/t17-,21+/m0/s1. The van der Waals surface area contributed by atoms with Crippen LogP contribution < -0.4 is 0 Å². The molecule has 2 saturated carbocycles. The van der Waals surface area contributed by atoms with Crippen LogP contribution in [0.3, 0.4) is 0 Å². The molecule has 4 fully saturated rings. The maximum atomic E-state index is 13.4. The Morgan fingerprint density at radius 1 is 1.20 bits per heavy atom. The van der Waals surface area contributed by atoms with E-state index < -0.39 is 0 Å². The molecule has 2 heterocycles. The lowest BCUT2D eigenvalue weighted by atomic mass is 9.68. The zero-order valence-corrected chi connectivity index (χ0v) is 15.9. The number of carbonyl (C=O) groups excluding carboxylic acids is 2. The molecular formula is C21H32N2O2. The lowest BCUT2D eigenvalue weighted by Crippen LogP contribution is -2.48. The van der Waals surface area contributed by atoms with Crippen LogP contribution in [-0.4, -0.2) is 47.8 Å². The molecule has 0 aromatic heterocycles. The molecule has 2 amide bonds. The number of fused-ring (bicyclic) bond motifs is 2. The molecule has 4 heteroatoms. The summed E-state index contributed by atoms with van der Waals surface area (Å²) in [4.78, 5) is 29.4. The Bertz CT molecular complexity index is 603. The first-order chi connectivity index (χ1) is 11.8. The number of hydrogen-bond acceptors (Lipinski definition) is 2. The Hall–Kier alpha value is -1.32. The van der Waals surface area contributed by atoms with E-state index in [9.17, 15) is 9.59 Å². The molecule has 25 heavy (non-hydrogen) atoms. The molecule has 138 valence electrons. The van der Waals surface area contributed by atoms with Gasteiger partial charge in [-0.3, -0.25) is 9.59 Å². The van der Waals surface area contributed by atoms with Crippen LogP contribution in [0.15, 0.2) is 12.2 Å². The highest BCUT2D eigenvalue weighted by Gasteiger charge is 2.61. The monoisotopic (exact) mass is 344 g/mol. The number of amides is 2. The molecule has 2 saturated heterocycles. The van der Waals surface area contributed by atoms with Crippen molar-refractivity contribution in [2.24, 2.45) is 22.7 Å². The quantitative estimate of drug-likeness (QED) is 0.738. The maximum absolute atomic E-state index is 13.4. The van der Waals surface area contributed by atoms with E-state index in [0.717, 1.165) is 64.7 Å². The molecule has 0 aromatic rings. The largest absolute Gasteiger partial charge is 0.342 e. The second-order valence-electron chi connectivity index (χ2n) is 9.40. The van der Waals surface area contributed by atoms with E-state index in [2.05, 4.69) is 25.3 Å². The highest BCUT2D eigenvalue weighted by atomic mass is 16.2. The first kappa shape index (κ1) is 17.1. The molecular weight excluding hydrogens is 312 g/mol. The summed E-state index contributed by atoms with van der Waals surface area (Å²) < 4.78 is 0. The van der Waals surface area contributed by atoms with E-state index in [-0.39, 0.29) is 10.8 Å². The van der Waals surface area contributed by atoms with Crippen LogP contribution >= 0.6 is 0 Å². The van der Waals surface area contributed by atoms with Crippen LogP contribution in [0.2, 0.25) is 0 Å². The Morgan fingerprint density at radius 3 is 2.48 bits per heavy atom. The number of likely N-dealkylation sites (tertiary alicyclic amines) is 2. The van der Waals surface area contributed by atoms with Crippen LogP contribution in [-0.2, 0) is 9.59 Å². The van der Waals surface area contributed by atoms with Gasteiger partial charge in [-0.1, -0.05) is 26.0 Å². The van der Waals surface area contributed by atoms with Crippen molar-refractivity contribution in [2.45, 2.75) is 58.8 Å².